The molecule has 0 amide bonds. The number of aliphatic imine (C=N–C) groups is 1. The molecule has 34 heavy (non-hydrogen) atoms. The van der Waals surface area contributed by atoms with Crippen molar-refractivity contribution in [3.05, 3.63) is 102 Å². The molecular weight excluding hydrogens is 421 g/mol. The minimum atomic E-state index is -0.232. The summed E-state index contributed by atoms with van der Waals surface area (Å²) in [4.78, 5) is 6.73. The Morgan fingerprint density at radius 2 is 1.71 bits per heavy atom. The third-order valence-corrected chi connectivity index (χ3v) is 5.57. The highest BCUT2D eigenvalue weighted by atomic mass is 19.1. The van der Waals surface area contributed by atoms with Crippen molar-refractivity contribution < 1.29 is 4.39 Å². The molecule has 3 nitrogen and oxygen atoms in total. The molecule has 0 atom stereocenters. The van der Waals surface area contributed by atoms with Crippen molar-refractivity contribution in [3.8, 4) is 0 Å². The molecule has 180 valence electrons. The van der Waals surface area contributed by atoms with Gasteiger partial charge in [-0.25, -0.2) is 4.39 Å². The number of nitrogens with zero attached hydrogens (tertiary/aromatic N) is 2. The topological polar surface area (TPSA) is 27.6 Å². The first-order valence-electron chi connectivity index (χ1n) is 12.0. The summed E-state index contributed by atoms with van der Waals surface area (Å²) in [6, 6.07) is 15.1. The molecule has 0 aromatic heterocycles. The lowest BCUT2D eigenvalue weighted by atomic mass is 10.0. The Morgan fingerprint density at radius 3 is 2.26 bits per heavy atom. The molecule has 0 aliphatic rings. The molecule has 0 spiro atoms. The second-order valence-corrected chi connectivity index (χ2v) is 7.98. The van der Waals surface area contributed by atoms with Crippen LogP contribution in [-0.2, 0) is 0 Å². The van der Waals surface area contributed by atoms with Gasteiger partial charge in [-0.15, -0.1) is 6.58 Å². The van der Waals surface area contributed by atoms with Gasteiger partial charge in [0.15, 0.2) is 0 Å². The third-order valence-electron chi connectivity index (χ3n) is 5.57. The highest BCUT2D eigenvalue weighted by Crippen LogP contribution is 2.26. The fraction of sp³-hybridized carbons (Fsp3) is 0.300. The SMILES string of the molecule is C=CCC(=NC)C(/C=C(/c1ccc(N/C(=C\CC)c2ccccc2F)cc1)N(C)CC)=C/CC. The fourth-order valence-electron chi connectivity index (χ4n) is 3.68. The van der Waals surface area contributed by atoms with Crippen LogP contribution < -0.4 is 5.32 Å². The number of allylic oxidation sites excluding steroid dienone is 5. The van der Waals surface area contributed by atoms with E-state index in [0.29, 0.717) is 5.56 Å². The van der Waals surface area contributed by atoms with Gasteiger partial charge in [-0.2, -0.15) is 0 Å². The molecule has 0 bridgehead atoms. The van der Waals surface area contributed by atoms with E-state index in [1.54, 1.807) is 12.1 Å². The average Bonchev–Trinajstić information content (AvgIpc) is 2.85. The second kappa shape index (κ2) is 14.0. The quantitative estimate of drug-likeness (QED) is 0.198. The standard InChI is InChI=1S/C30H38FN3/c1-7-13-24(28(32-5)14-8-2)22-30(34(6)10-4)23-18-20-25(21-19-23)33-29(15-9-3)26-16-11-12-17-27(26)31/h8,11-13,15-22,33H,2,7,9-10,14H2,1,3-6H3/b24-13+,29-15-,30-22-,32-28?. The van der Waals surface area contributed by atoms with Crippen LogP contribution in [0, 0.1) is 5.82 Å². The van der Waals surface area contributed by atoms with Crippen LogP contribution in [0.1, 0.15) is 51.2 Å². The third kappa shape index (κ3) is 7.31. The molecule has 0 heterocycles. The van der Waals surface area contributed by atoms with Gasteiger partial charge in [0.1, 0.15) is 5.82 Å². The van der Waals surface area contributed by atoms with E-state index in [-0.39, 0.29) is 5.82 Å². The number of rotatable bonds is 12. The van der Waals surface area contributed by atoms with E-state index in [4.69, 9.17) is 0 Å². The normalized spacial score (nSPS) is 13.1. The summed E-state index contributed by atoms with van der Waals surface area (Å²) in [5, 5.41) is 3.40. The number of hydrogen-bond donors (Lipinski definition) is 1. The van der Waals surface area contributed by atoms with Crippen molar-refractivity contribution in [1.82, 2.24) is 4.90 Å². The Kier molecular flexibility index (Phi) is 11.0. The monoisotopic (exact) mass is 459 g/mol. The van der Waals surface area contributed by atoms with Gasteiger partial charge in [-0.3, -0.25) is 4.99 Å². The van der Waals surface area contributed by atoms with Crippen molar-refractivity contribution in [2.75, 3.05) is 26.0 Å². The first-order valence-corrected chi connectivity index (χ1v) is 12.0. The zero-order valence-electron chi connectivity index (χ0n) is 21.2. The molecule has 1 N–H and O–H groups in total. The summed E-state index contributed by atoms with van der Waals surface area (Å²) in [5.74, 6) is -0.232. The van der Waals surface area contributed by atoms with Crippen LogP contribution in [0.25, 0.3) is 11.4 Å². The van der Waals surface area contributed by atoms with E-state index < -0.39 is 0 Å². The summed E-state index contributed by atoms with van der Waals surface area (Å²) in [7, 11) is 3.93. The summed E-state index contributed by atoms with van der Waals surface area (Å²) < 4.78 is 14.4. The lowest BCUT2D eigenvalue weighted by molar-refractivity contribution is 0.509. The largest absolute Gasteiger partial charge is 0.374 e. The molecule has 0 aliphatic heterocycles. The van der Waals surface area contributed by atoms with Gasteiger partial charge < -0.3 is 10.2 Å². The fourth-order valence-corrected chi connectivity index (χ4v) is 3.68. The molecule has 0 radical (unpaired) electrons. The highest BCUT2D eigenvalue weighted by Gasteiger charge is 2.12. The van der Waals surface area contributed by atoms with Gasteiger partial charge in [-0.05, 0) is 61.2 Å². The Balaban J connectivity index is 2.41. The summed E-state index contributed by atoms with van der Waals surface area (Å²) >= 11 is 0. The molecule has 4 heteroatoms. The highest BCUT2D eigenvalue weighted by molar-refractivity contribution is 6.04. The zero-order chi connectivity index (χ0) is 24.9. The van der Waals surface area contributed by atoms with Gasteiger partial charge in [0, 0.05) is 55.4 Å². The van der Waals surface area contributed by atoms with Crippen LogP contribution in [0.2, 0.25) is 0 Å². The van der Waals surface area contributed by atoms with E-state index in [9.17, 15) is 4.39 Å². The van der Waals surface area contributed by atoms with Gasteiger partial charge in [0.2, 0.25) is 0 Å². The van der Waals surface area contributed by atoms with Crippen molar-refractivity contribution in [2.24, 2.45) is 4.99 Å². The average molecular weight is 460 g/mol. The van der Waals surface area contributed by atoms with E-state index in [1.165, 1.54) is 6.07 Å². The first-order chi connectivity index (χ1) is 16.5. The van der Waals surface area contributed by atoms with Crippen LogP contribution in [0.15, 0.2) is 90.0 Å². The predicted molar refractivity (Wildman–Crippen MR) is 148 cm³/mol. The van der Waals surface area contributed by atoms with Crippen LogP contribution in [0.5, 0.6) is 0 Å². The predicted octanol–water partition coefficient (Wildman–Crippen LogP) is 7.96. The van der Waals surface area contributed by atoms with Gasteiger partial charge >= 0.3 is 0 Å². The molecular formula is C30H38FN3. The van der Waals surface area contributed by atoms with Crippen LogP contribution in [0.3, 0.4) is 0 Å². The zero-order valence-corrected chi connectivity index (χ0v) is 21.2. The Bertz CT molecular complexity index is 1060. The maximum Gasteiger partial charge on any atom is 0.132 e. The smallest absolute Gasteiger partial charge is 0.132 e. The van der Waals surface area contributed by atoms with Gasteiger partial charge in [-0.1, -0.05) is 56.3 Å². The Hall–Kier alpha value is -3.40. The van der Waals surface area contributed by atoms with Crippen molar-refractivity contribution in [2.45, 2.75) is 40.0 Å². The summed E-state index contributed by atoms with van der Waals surface area (Å²) in [6.45, 7) is 11.1. The molecule has 0 unspecified atom stereocenters. The van der Waals surface area contributed by atoms with Crippen molar-refractivity contribution in [3.63, 3.8) is 0 Å². The molecule has 2 rings (SSSR count). The molecule has 0 saturated heterocycles. The molecule has 0 aliphatic carbocycles. The Labute approximate surface area is 205 Å². The van der Waals surface area contributed by atoms with Crippen LogP contribution in [-0.4, -0.2) is 31.3 Å². The van der Waals surface area contributed by atoms with Crippen molar-refractivity contribution in [1.29, 1.82) is 0 Å². The van der Waals surface area contributed by atoms with Crippen LogP contribution >= 0.6 is 0 Å². The van der Waals surface area contributed by atoms with E-state index in [2.05, 4.69) is 67.0 Å². The lowest BCUT2D eigenvalue weighted by Gasteiger charge is -2.23. The van der Waals surface area contributed by atoms with E-state index in [1.807, 2.05) is 44.3 Å². The minimum absolute atomic E-state index is 0.232. The number of benzene rings is 2. The lowest BCUT2D eigenvalue weighted by Crippen LogP contribution is -2.17. The molecule has 2 aromatic rings. The van der Waals surface area contributed by atoms with Crippen LogP contribution in [0.4, 0.5) is 10.1 Å². The van der Waals surface area contributed by atoms with E-state index in [0.717, 1.165) is 59.7 Å². The number of nitrogens with one attached hydrogen (secondary N) is 1. The number of hydrogen-bond acceptors (Lipinski definition) is 3. The number of halogens is 1. The minimum Gasteiger partial charge on any atom is -0.374 e. The molecule has 0 fully saturated rings. The number of anilines is 1. The van der Waals surface area contributed by atoms with Gasteiger partial charge in [0.25, 0.3) is 0 Å². The first kappa shape index (κ1) is 26.8. The summed E-state index contributed by atoms with van der Waals surface area (Å²) in [6.07, 6.45) is 10.8. The van der Waals surface area contributed by atoms with E-state index >= 15 is 0 Å². The van der Waals surface area contributed by atoms with Crippen molar-refractivity contribution >= 4 is 22.8 Å². The molecule has 0 saturated carbocycles. The Morgan fingerprint density at radius 1 is 1.03 bits per heavy atom. The van der Waals surface area contributed by atoms with Gasteiger partial charge in [0.05, 0.1) is 0 Å². The maximum absolute atomic E-state index is 14.4. The molecule has 2 aromatic carbocycles. The maximum atomic E-state index is 14.4. The second-order valence-electron chi connectivity index (χ2n) is 7.98. The summed E-state index contributed by atoms with van der Waals surface area (Å²) in [5.41, 5.74) is 6.64.